The number of likely N-dealkylation sites (N-methyl/N-ethyl adjacent to an activating group) is 1. The van der Waals surface area contributed by atoms with Gasteiger partial charge in [0.05, 0.1) is 17.5 Å². The lowest BCUT2D eigenvalue weighted by atomic mass is 9.43. The fourth-order valence-corrected chi connectivity index (χ4v) is 6.44. The van der Waals surface area contributed by atoms with Crippen LogP contribution in [0.25, 0.3) is 33.4 Å². The molecule has 1 aromatic heterocycles. The molecule has 0 spiro atoms. The molecule has 0 atom stereocenters. The van der Waals surface area contributed by atoms with Crippen molar-refractivity contribution in [3.05, 3.63) is 82.7 Å². The van der Waals surface area contributed by atoms with Gasteiger partial charge in [-0.3, -0.25) is 14.4 Å². The third kappa shape index (κ3) is 4.45. The smallest absolute Gasteiger partial charge is 0.224 e. The summed E-state index contributed by atoms with van der Waals surface area (Å²) in [7, 11) is 1.57. The molecule has 1 N–H and O–H groups in total. The van der Waals surface area contributed by atoms with Gasteiger partial charge in [0.15, 0.2) is 11.6 Å². The summed E-state index contributed by atoms with van der Waals surface area (Å²) in [5, 5.41) is 3.29. The second-order valence-electron chi connectivity index (χ2n) is 11.6. The predicted molar refractivity (Wildman–Crippen MR) is 153 cm³/mol. The van der Waals surface area contributed by atoms with Gasteiger partial charge in [0.2, 0.25) is 5.91 Å². The molecule has 1 amide bonds. The Morgan fingerprint density at radius 2 is 1.68 bits per heavy atom. The van der Waals surface area contributed by atoms with E-state index in [4.69, 9.17) is 4.42 Å². The molecule has 3 saturated carbocycles. The Labute approximate surface area is 232 Å². The van der Waals surface area contributed by atoms with Crippen molar-refractivity contribution in [2.45, 2.75) is 52.4 Å². The van der Waals surface area contributed by atoms with E-state index < -0.39 is 5.82 Å². The highest BCUT2D eigenvalue weighted by atomic mass is 19.1. The number of ketones is 2. The maximum absolute atomic E-state index is 15.0. The topological polar surface area (TPSA) is 76.4 Å². The zero-order valence-corrected chi connectivity index (χ0v) is 23.0. The minimum absolute atomic E-state index is 0.0601. The summed E-state index contributed by atoms with van der Waals surface area (Å²) in [6.07, 6.45) is 3.90. The van der Waals surface area contributed by atoms with E-state index in [0.717, 1.165) is 36.3 Å². The monoisotopic (exact) mass is 537 g/mol. The van der Waals surface area contributed by atoms with Gasteiger partial charge >= 0.3 is 0 Å². The minimum Gasteiger partial charge on any atom is -0.455 e. The van der Waals surface area contributed by atoms with Crippen LogP contribution in [0.2, 0.25) is 0 Å². The third-order valence-electron chi connectivity index (χ3n) is 8.74. The number of nitrogens with one attached hydrogen (secondary N) is 1. The van der Waals surface area contributed by atoms with E-state index in [1.165, 1.54) is 6.07 Å². The standard InChI is InChI=1S/C34H32FNO4/c1-4-28(37)32-26-14-24(22-9-10-27(35)25(11-22)29(38)18-34-15-20(16-34)17-34)23(13-31(39)36-3)12-30(26)40-33(32)21-7-5-19(2)6-8-21/h5-12,14,20H,4,13,15-18H2,1-3H3,(H,36,39). The normalized spacial score (nSPS) is 19.1. The molecule has 7 rings (SSSR count). The lowest BCUT2D eigenvalue weighted by molar-refractivity contribution is -0.119. The number of benzene rings is 3. The lowest BCUT2D eigenvalue weighted by Gasteiger charge is -2.62. The maximum Gasteiger partial charge on any atom is 0.224 e. The highest BCUT2D eigenvalue weighted by Gasteiger charge is 2.57. The zero-order chi connectivity index (χ0) is 28.2. The van der Waals surface area contributed by atoms with E-state index in [2.05, 4.69) is 5.32 Å². The largest absolute Gasteiger partial charge is 0.455 e. The molecule has 1 heterocycles. The van der Waals surface area contributed by atoms with Crippen LogP contribution in [0.1, 0.15) is 70.9 Å². The maximum atomic E-state index is 15.0. The average molecular weight is 538 g/mol. The lowest BCUT2D eigenvalue weighted by Crippen LogP contribution is -2.52. The van der Waals surface area contributed by atoms with Crippen LogP contribution in [-0.4, -0.2) is 24.5 Å². The summed E-state index contributed by atoms with van der Waals surface area (Å²) in [6.45, 7) is 3.80. The first kappa shape index (κ1) is 26.2. The molecule has 0 saturated heterocycles. The van der Waals surface area contributed by atoms with Crippen LogP contribution in [-0.2, 0) is 11.2 Å². The van der Waals surface area contributed by atoms with Gasteiger partial charge in [-0.25, -0.2) is 4.39 Å². The number of furan rings is 1. The van der Waals surface area contributed by atoms with E-state index in [1.54, 1.807) is 25.2 Å². The van der Waals surface area contributed by atoms with Gasteiger partial charge < -0.3 is 9.73 Å². The Morgan fingerprint density at radius 3 is 2.30 bits per heavy atom. The Kier molecular flexibility index (Phi) is 6.44. The number of hydrogen-bond donors (Lipinski definition) is 1. The van der Waals surface area contributed by atoms with Crippen molar-refractivity contribution >= 4 is 28.4 Å². The van der Waals surface area contributed by atoms with E-state index >= 15 is 0 Å². The van der Waals surface area contributed by atoms with Crippen molar-refractivity contribution in [3.8, 4) is 22.5 Å². The third-order valence-corrected chi connectivity index (χ3v) is 8.74. The Balaban J connectivity index is 1.51. The Bertz CT molecular complexity index is 1660. The summed E-state index contributed by atoms with van der Waals surface area (Å²) >= 11 is 0. The zero-order valence-electron chi connectivity index (χ0n) is 23.0. The molecule has 0 radical (unpaired) electrons. The van der Waals surface area contributed by atoms with E-state index in [9.17, 15) is 18.8 Å². The van der Waals surface area contributed by atoms with Crippen LogP contribution in [0, 0.1) is 24.1 Å². The van der Waals surface area contributed by atoms with Crippen molar-refractivity contribution in [2.75, 3.05) is 7.05 Å². The van der Waals surface area contributed by atoms with Gasteiger partial charge in [0.1, 0.15) is 17.2 Å². The van der Waals surface area contributed by atoms with Crippen LogP contribution < -0.4 is 5.32 Å². The van der Waals surface area contributed by atoms with Gasteiger partial charge in [0, 0.05) is 30.8 Å². The van der Waals surface area contributed by atoms with Crippen molar-refractivity contribution < 1.29 is 23.2 Å². The van der Waals surface area contributed by atoms with Crippen LogP contribution in [0.4, 0.5) is 4.39 Å². The second-order valence-corrected chi connectivity index (χ2v) is 11.6. The van der Waals surface area contributed by atoms with Gasteiger partial charge in [-0.05, 0) is 78.5 Å². The quantitative estimate of drug-likeness (QED) is 0.225. The molecule has 3 aliphatic carbocycles. The number of rotatable bonds is 9. The fraction of sp³-hybridized carbons (Fsp3) is 0.324. The number of fused-ring (bicyclic) bond motifs is 1. The van der Waals surface area contributed by atoms with Gasteiger partial charge in [-0.15, -0.1) is 0 Å². The molecule has 0 aliphatic heterocycles. The van der Waals surface area contributed by atoms with E-state index in [-0.39, 0.29) is 34.9 Å². The number of hydrogen-bond acceptors (Lipinski definition) is 4. The van der Waals surface area contributed by atoms with Crippen LogP contribution in [0.15, 0.2) is 59.0 Å². The van der Waals surface area contributed by atoms with Gasteiger partial charge in [-0.2, -0.15) is 0 Å². The molecular formula is C34H32FNO4. The van der Waals surface area contributed by atoms with Crippen LogP contribution in [0.5, 0.6) is 0 Å². The molecule has 3 aliphatic rings. The Morgan fingerprint density at radius 1 is 0.975 bits per heavy atom. The highest BCUT2D eigenvalue weighted by Crippen LogP contribution is 2.66. The number of aryl methyl sites for hydroxylation is 1. The van der Waals surface area contributed by atoms with Gasteiger partial charge in [0.25, 0.3) is 0 Å². The Hall–Kier alpha value is -4.06. The summed E-state index contributed by atoms with van der Waals surface area (Å²) in [4.78, 5) is 39.0. The van der Waals surface area contributed by atoms with E-state index in [1.807, 2.05) is 44.2 Å². The number of Topliss-reactive ketones (excluding diaryl/α,β-unsaturated/α-hetero) is 2. The summed E-state index contributed by atoms with van der Waals surface area (Å²) < 4.78 is 21.2. The molecular weight excluding hydrogens is 505 g/mol. The molecule has 3 aromatic carbocycles. The molecule has 40 heavy (non-hydrogen) atoms. The second kappa shape index (κ2) is 9.84. The van der Waals surface area contributed by atoms with Crippen molar-refractivity contribution in [1.82, 2.24) is 5.32 Å². The van der Waals surface area contributed by atoms with Crippen molar-refractivity contribution in [1.29, 1.82) is 0 Å². The number of carbonyl (C=O) groups excluding carboxylic acids is 3. The summed E-state index contributed by atoms with van der Waals surface area (Å²) in [6, 6.07) is 16.0. The minimum atomic E-state index is -0.541. The first-order valence-electron chi connectivity index (χ1n) is 13.9. The molecule has 3 fully saturated rings. The molecule has 204 valence electrons. The molecule has 4 aromatic rings. The first-order valence-corrected chi connectivity index (χ1v) is 13.9. The predicted octanol–water partition coefficient (Wildman–Crippen LogP) is 7.47. The molecule has 6 heteroatoms. The average Bonchev–Trinajstić information content (AvgIpc) is 3.28. The molecule has 5 nitrogen and oxygen atoms in total. The molecule has 2 bridgehead atoms. The SMILES string of the molecule is CCC(=O)c1c(-c2ccc(C)cc2)oc2cc(CC(=O)NC)c(-c3ccc(F)c(C(=O)CC45CC(C4)C5)c3)cc12. The van der Waals surface area contributed by atoms with E-state index in [0.29, 0.717) is 51.8 Å². The number of amides is 1. The van der Waals surface area contributed by atoms with Crippen molar-refractivity contribution in [2.24, 2.45) is 11.3 Å². The number of halogens is 1. The summed E-state index contributed by atoms with van der Waals surface area (Å²) in [5.41, 5.74) is 4.94. The molecule has 0 unspecified atom stereocenters. The van der Waals surface area contributed by atoms with Crippen LogP contribution in [0.3, 0.4) is 0 Å². The summed E-state index contributed by atoms with van der Waals surface area (Å²) in [5.74, 6) is 0.242. The highest BCUT2D eigenvalue weighted by molar-refractivity contribution is 6.13. The van der Waals surface area contributed by atoms with Gasteiger partial charge in [-0.1, -0.05) is 42.8 Å². The first-order chi connectivity index (χ1) is 19.2. The fourth-order valence-electron chi connectivity index (χ4n) is 6.44. The van der Waals surface area contributed by atoms with Crippen molar-refractivity contribution in [3.63, 3.8) is 0 Å². The number of carbonyl (C=O) groups is 3. The van der Waals surface area contributed by atoms with Crippen LogP contribution >= 0.6 is 0 Å².